The van der Waals surface area contributed by atoms with Crippen LogP contribution in [-0.4, -0.2) is 0 Å². The average molecular weight is 783 g/mol. The summed E-state index contributed by atoms with van der Waals surface area (Å²) in [5.74, 6) is 0.895. The Labute approximate surface area is 358 Å². The van der Waals surface area contributed by atoms with Crippen molar-refractivity contribution >= 4 is 55.7 Å². The molecule has 0 saturated carbocycles. The highest BCUT2D eigenvalue weighted by Gasteiger charge is 2.35. The highest BCUT2D eigenvalue weighted by Crippen LogP contribution is 2.61. The number of fused-ring (bicyclic) bond motifs is 4. The minimum Gasteiger partial charge on any atom is -0.309 e. The molecule has 0 aromatic heterocycles. The number of rotatable bonds is 14. The first-order valence-electron chi connectivity index (χ1n) is 22.5. The molecule has 0 radical (unpaired) electrons. The zero-order valence-electron chi connectivity index (χ0n) is 36.3. The predicted octanol–water partition coefficient (Wildman–Crippen LogP) is 17.5. The maximum Gasteiger partial charge on any atom is 0.0626 e. The Hall–Kier alpha value is -6.12. The van der Waals surface area contributed by atoms with E-state index in [0.717, 1.165) is 24.2 Å². The number of nitrogens with zero attached hydrogens (tertiary/aromatic N) is 2. The van der Waals surface area contributed by atoms with Gasteiger partial charge in [-0.25, -0.2) is 0 Å². The Kier molecular flexibility index (Phi) is 11.1. The second-order valence-electron chi connectivity index (χ2n) is 17.4. The molecular formula is C58H58N2. The van der Waals surface area contributed by atoms with Crippen molar-refractivity contribution < 1.29 is 0 Å². The van der Waals surface area contributed by atoms with Gasteiger partial charge in [-0.1, -0.05) is 164 Å². The number of unbranched alkanes of at least 4 members (excludes halogenated alkanes) is 2. The largest absolute Gasteiger partial charge is 0.309 e. The third kappa shape index (κ3) is 7.17. The molecule has 9 rings (SSSR count). The topological polar surface area (TPSA) is 6.48 Å². The quantitative estimate of drug-likeness (QED) is 0.101. The van der Waals surface area contributed by atoms with E-state index in [1.165, 1.54) is 114 Å². The molecule has 0 amide bonds. The summed E-state index contributed by atoms with van der Waals surface area (Å²) in [6.07, 6.45) is 6.96. The van der Waals surface area contributed by atoms with Crippen LogP contribution in [0.1, 0.15) is 101 Å². The Balaban J connectivity index is 1.39. The lowest BCUT2D eigenvalue weighted by atomic mass is 9.90. The summed E-state index contributed by atoms with van der Waals surface area (Å²) in [4.78, 5) is 5.10. The van der Waals surface area contributed by atoms with Gasteiger partial charge in [0.25, 0.3) is 0 Å². The Bertz CT molecular complexity index is 2570. The van der Waals surface area contributed by atoms with Crippen LogP contribution in [0, 0.1) is 0 Å². The Morgan fingerprint density at radius 3 is 1.12 bits per heavy atom. The van der Waals surface area contributed by atoms with E-state index in [1.807, 2.05) is 0 Å². The van der Waals surface area contributed by atoms with Crippen LogP contribution in [0.15, 0.2) is 158 Å². The predicted molar refractivity (Wildman–Crippen MR) is 261 cm³/mol. The molecule has 0 N–H and O–H groups in total. The lowest BCUT2D eigenvalue weighted by Crippen LogP contribution is -2.16. The highest BCUT2D eigenvalue weighted by atomic mass is 15.2. The lowest BCUT2D eigenvalue weighted by molar-refractivity contribution is 0.795. The summed E-state index contributed by atoms with van der Waals surface area (Å²) < 4.78 is 0. The van der Waals surface area contributed by atoms with Gasteiger partial charge in [0.2, 0.25) is 0 Å². The Morgan fingerprint density at radius 1 is 0.400 bits per heavy atom. The van der Waals surface area contributed by atoms with Crippen LogP contribution in [0.4, 0.5) is 34.1 Å². The average Bonchev–Trinajstić information content (AvgIpc) is 3.62. The van der Waals surface area contributed by atoms with Crippen molar-refractivity contribution in [2.24, 2.45) is 0 Å². The smallest absolute Gasteiger partial charge is 0.0626 e. The van der Waals surface area contributed by atoms with Gasteiger partial charge in [0.15, 0.2) is 0 Å². The van der Waals surface area contributed by atoms with Crippen LogP contribution in [0.2, 0.25) is 0 Å². The lowest BCUT2D eigenvalue weighted by Gasteiger charge is -2.34. The molecule has 0 aliphatic heterocycles. The van der Waals surface area contributed by atoms with Gasteiger partial charge in [0.1, 0.15) is 0 Å². The summed E-state index contributed by atoms with van der Waals surface area (Å²) in [7, 11) is 0. The van der Waals surface area contributed by atoms with Gasteiger partial charge in [-0.05, 0) is 130 Å². The number of hydrogen-bond donors (Lipinski definition) is 0. The van der Waals surface area contributed by atoms with Crippen LogP contribution in [0.25, 0.3) is 43.8 Å². The zero-order valence-corrected chi connectivity index (χ0v) is 36.3. The van der Waals surface area contributed by atoms with Gasteiger partial charge in [0, 0.05) is 44.6 Å². The van der Waals surface area contributed by atoms with E-state index in [2.05, 4.69) is 209 Å². The van der Waals surface area contributed by atoms with Gasteiger partial charge < -0.3 is 9.80 Å². The van der Waals surface area contributed by atoms with Gasteiger partial charge in [-0.3, -0.25) is 0 Å². The van der Waals surface area contributed by atoms with E-state index < -0.39 is 0 Å². The molecule has 0 unspecified atom stereocenters. The fourth-order valence-electron chi connectivity index (χ4n) is 9.37. The van der Waals surface area contributed by atoms with Crippen LogP contribution in [0.5, 0.6) is 0 Å². The molecule has 0 spiro atoms. The van der Waals surface area contributed by atoms with Crippen molar-refractivity contribution in [1.82, 2.24) is 0 Å². The number of hydrogen-bond acceptors (Lipinski definition) is 2. The van der Waals surface area contributed by atoms with Crippen molar-refractivity contribution in [2.45, 2.75) is 91.9 Å². The summed E-state index contributed by atoms with van der Waals surface area (Å²) in [5.41, 5.74) is 17.7. The molecule has 0 saturated heterocycles. The van der Waals surface area contributed by atoms with Crippen LogP contribution < -0.4 is 9.80 Å². The number of benzene rings is 8. The van der Waals surface area contributed by atoms with Crippen LogP contribution in [0.3, 0.4) is 0 Å². The first-order valence-corrected chi connectivity index (χ1v) is 22.5. The molecule has 2 nitrogen and oxygen atoms in total. The van der Waals surface area contributed by atoms with E-state index in [-0.39, 0.29) is 0 Å². The van der Waals surface area contributed by atoms with E-state index in [0.29, 0.717) is 11.8 Å². The first kappa shape index (κ1) is 39.3. The van der Waals surface area contributed by atoms with Crippen molar-refractivity contribution in [1.29, 1.82) is 0 Å². The zero-order chi connectivity index (χ0) is 41.3. The fraction of sp³-hybridized carbons (Fsp3) is 0.241. The van der Waals surface area contributed by atoms with Gasteiger partial charge in [-0.2, -0.15) is 0 Å². The molecule has 8 aromatic carbocycles. The molecule has 0 atom stereocenters. The molecule has 300 valence electrons. The summed E-state index contributed by atoms with van der Waals surface area (Å²) in [6.45, 7) is 13.7. The van der Waals surface area contributed by atoms with Crippen molar-refractivity contribution in [3.63, 3.8) is 0 Å². The SMILES string of the molecule is CCCCc1ccc(N(c2ccc(C(C)C)cc2)c2c3c(c(N(c4ccc(CCCC)cc4)c4ccc(C(C)C)cc4)c4ccccc24)-c2cccc4cccc-3c24)cc1. The third-order valence-electron chi connectivity index (χ3n) is 12.7. The highest BCUT2D eigenvalue weighted by molar-refractivity contribution is 6.28. The monoisotopic (exact) mass is 782 g/mol. The fourth-order valence-corrected chi connectivity index (χ4v) is 9.37. The van der Waals surface area contributed by atoms with E-state index in [4.69, 9.17) is 0 Å². The molecule has 1 aliphatic carbocycles. The standard InChI is InChI=1S/C58H58N2/c1-7-9-15-41-23-31-46(32-24-41)59(48-35-27-43(28-36-48)39(3)4)57-50-19-11-12-20-51(50)58(56-53-22-14-18-45-17-13-21-52(54(45)53)55(56)57)60(49-37-29-44(30-38-49)40(5)6)47-33-25-42(26-34-47)16-10-8-2/h11-14,17-40H,7-10,15-16H2,1-6H3. The van der Waals surface area contributed by atoms with Crippen molar-refractivity contribution in [2.75, 3.05) is 9.80 Å². The molecule has 0 heterocycles. The minimum absolute atomic E-state index is 0.447. The van der Waals surface area contributed by atoms with E-state index in [9.17, 15) is 0 Å². The number of anilines is 6. The van der Waals surface area contributed by atoms with E-state index in [1.54, 1.807) is 0 Å². The molecule has 60 heavy (non-hydrogen) atoms. The number of aryl methyl sites for hydroxylation is 2. The van der Waals surface area contributed by atoms with Gasteiger partial charge in [-0.15, -0.1) is 0 Å². The molecular weight excluding hydrogens is 725 g/mol. The van der Waals surface area contributed by atoms with Crippen molar-refractivity contribution in [3.05, 3.63) is 180 Å². The molecule has 2 heteroatoms. The van der Waals surface area contributed by atoms with Crippen LogP contribution >= 0.6 is 0 Å². The van der Waals surface area contributed by atoms with E-state index >= 15 is 0 Å². The summed E-state index contributed by atoms with van der Waals surface area (Å²) >= 11 is 0. The maximum atomic E-state index is 2.55. The normalized spacial score (nSPS) is 11.9. The second kappa shape index (κ2) is 16.9. The van der Waals surface area contributed by atoms with Crippen molar-refractivity contribution in [3.8, 4) is 22.3 Å². The summed E-state index contributed by atoms with van der Waals surface area (Å²) in [5, 5.41) is 5.04. The summed E-state index contributed by atoms with van der Waals surface area (Å²) in [6, 6.07) is 60.3. The third-order valence-corrected chi connectivity index (χ3v) is 12.7. The van der Waals surface area contributed by atoms with Gasteiger partial charge >= 0.3 is 0 Å². The maximum absolute atomic E-state index is 2.55. The molecule has 1 aliphatic rings. The van der Waals surface area contributed by atoms with Crippen LogP contribution in [-0.2, 0) is 12.8 Å². The molecule has 0 bridgehead atoms. The second-order valence-corrected chi connectivity index (χ2v) is 17.4. The minimum atomic E-state index is 0.447. The first-order chi connectivity index (χ1) is 29.4. The Morgan fingerprint density at radius 2 is 0.767 bits per heavy atom. The van der Waals surface area contributed by atoms with Gasteiger partial charge in [0.05, 0.1) is 11.4 Å². The molecule has 0 fully saturated rings. The molecule has 8 aromatic rings.